The van der Waals surface area contributed by atoms with Crippen molar-refractivity contribution in [1.82, 2.24) is 4.90 Å². The number of ketones is 1. The number of likely N-dealkylation sites (N-methyl/N-ethyl adjacent to an activating group) is 1. The Labute approximate surface area is 57.1 Å². The number of hydrogen-bond donors (Lipinski definition) is 0. The molecule has 0 aromatic rings. The van der Waals surface area contributed by atoms with Crippen molar-refractivity contribution in [1.29, 1.82) is 0 Å². The van der Waals surface area contributed by atoms with E-state index in [2.05, 4.69) is 0 Å². The zero-order valence-corrected chi connectivity index (χ0v) is 5.43. The van der Waals surface area contributed by atoms with Gasteiger partial charge >= 0.3 is 0 Å². The predicted molar refractivity (Wildman–Crippen MR) is 31.8 cm³/mol. The molecule has 4 heteroatoms. The Hall–Kier alpha value is -1.19. The number of carbonyl (C=O) groups is 2. The molecule has 0 N–H and O–H groups in total. The van der Waals surface area contributed by atoms with Crippen LogP contribution in [0.4, 0.5) is 4.39 Å². The van der Waals surface area contributed by atoms with Gasteiger partial charge in [0.1, 0.15) is 0 Å². The van der Waals surface area contributed by atoms with Gasteiger partial charge in [-0.15, -0.1) is 0 Å². The Kier molecular flexibility index (Phi) is 1.53. The van der Waals surface area contributed by atoms with Gasteiger partial charge < -0.3 is 4.90 Å². The fourth-order valence-electron chi connectivity index (χ4n) is 0.737. The van der Waals surface area contributed by atoms with Gasteiger partial charge in [-0.2, -0.15) is 0 Å². The molecule has 0 atom stereocenters. The average molecular weight is 143 g/mol. The Bertz CT molecular complexity index is 222. The van der Waals surface area contributed by atoms with Crippen molar-refractivity contribution in [3.8, 4) is 0 Å². The third kappa shape index (κ3) is 1.05. The number of amides is 1. The minimum Gasteiger partial charge on any atom is -0.332 e. The minimum atomic E-state index is -0.973. The molecule has 1 heterocycles. The highest BCUT2D eigenvalue weighted by molar-refractivity contribution is 6.06. The second kappa shape index (κ2) is 2.21. The van der Waals surface area contributed by atoms with E-state index in [1.165, 1.54) is 7.05 Å². The summed E-state index contributed by atoms with van der Waals surface area (Å²) in [7, 11) is 1.38. The average Bonchev–Trinajstić information content (AvgIpc) is 1.82. The lowest BCUT2D eigenvalue weighted by Crippen LogP contribution is -2.35. The minimum absolute atomic E-state index is 0.0216. The third-order valence-electron chi connectivity index (χ3n) is 1.23. The maximum absolute atomic E-state index is 12.3. The first-order valence-electron chi connectivity index (χ1n) is 2.77. The number of rotatable bonds is 0. The lowest BCUT2D eigenvalue weighted by atomic mass is 10.2. The van der Waals surface area contributed by atoms with E-state index in [4.69, 9.17) is 0 Å². The van der Waals surface area contributed by atoms with E-state index in [0.717, 1.165) is 11.0 Å². The van der Waals surface area contributed by atoms with Crippen molar-refractivity contribution in [3.63, 3.8) is 0 Å². The van der Waals surface area contributed by atoms with Crippen LogP contribution in [0.5, 0.6) is 0 Å². The van der Waals surface area contributed by atoms with Crippen LogP contribution in [-0.4, -0.2) is 30.2 Å². The largest absolute Gasteiger partial charge is 0.332 e. The van der Waals surface area contributed by atoms with Gasteiger partial charge in [0, 0.05) is 13.1 Å². The molecule has 1 aliphatic heterocycles. The molecule has 0 saturated heterocycles. The molecule has 1 amide bonds. The van der Waals surface area contributed by atoms with Gasteiger partial charge in [0.25, 0.3) is 5.91 Å². The molecule has 0 radical (unpaired) electrons. The van der Waals surface area contributed by atoms with E-state index < -0.39 is 11.7 Å². The fraction of sp³-hybridized carbons (Fsp3) is 0.333. The van der Waals surface area contributed by atoms with Crippen molar-refractivity contribution in [3.05, 3.63) is 11.9 Å². The summed E-state index contributed by atoms with van der Waals surface area (Å²) in [5.41, 5.74) is 0. The molecule has 1 aliphatic rings. The Balaban J connectivity index is 2.91. The summed E-state index contributed by atoms with van der Waals surface area (Å²) in [6, 6.07) is 0. The highest BCUT2D eigenvalue weighted by Crippen LogP contribution is 2.07. The first-order chi connectivity index (χ1) is 4.61. The highest BCUT2D eigenvalue weighted by Gasteiger charge is 2.22. The Morgan fingerprint density at radius 3 is 2.70 bits per heavy atom. The molecule has 0 saturated carbocycles. The van der Waals surface area contributed by atoms with Crippen LogP contribution >= 0.6 is 0 Å². The third-order valence-corrected chi connectivity index (χ3v) is 1.23. The summed E-state index contributed by atoms with van der Waals surface area (Å²) in [4.78, 5) is 22.2. The molecule has 0 fully saturated rings. The molecule has 0 aromatic heterocycles. The van der Waals surface area contributed by atoms with Crippen LogP contribution in [-0.2, 0) is 9.59 Å². The van der Waals surface area contributed by atoms with Crippen LogP contribution in [0.2, 0.25) is 0 Å². The van der Waals surface area contributed by atoms with Crippen LogP contribution in [0.1, 0.15) is 0 Å². The number of hydrogen-bond acceptors (Lipinski definition) is 2. The van der Waals surface area contributed by atoms with Crippen molar-refractivity contribution >= 4 is 11.7 Å². The Morgan fingerprint density at radius 2 is 2.20 bits per heavy atom. The molecule has 0 bridgehead atoms. The smallest absolute Gasteiger partial charge is 0.282 e. The molecule has 54 valence electrons. The van der Waals surface area contributed by atoms with E-state index in [-0.39, 0.29) is 12.3 Å². The first-order valence-corrected chi connectivity index (χ1v) is 2.77. The van der Waals surface area contributed by atoms with Crippen molar-refractivity contribution in [2.24, 2.45) is 0 Å². The molecule has 0 aliphatic carbocycles. The standard InChI is InChI=1S/C6H6FNO2/c1-8-3-4(9)2-5(7)6(8)10/h2H,3H2,1H3. The van der Waals surface area contributed by atoms with Crippen LogP contribution in [0.15, 0.2) is 11.9 Å². The molecule has 0 aromatic carbocycles. The number of nitrogens with zero attached hydrogens (tertiary/aromatic N) is 1. The SMILES string of the molecule is CN1CC(=O)C=C(F)C1=O. The van der Waals surface area contributed by atoms with Gasteiger partial charge in [-0.25, -0.2) is 4.39 Å². The van der Waals surface area contributed by atoms with Gasteiger partial charge in [-0.1, -0.05) is 0 Å². The van der Waals surface area contributed by atoms with E-state index in [1.807, 2.05) is 0 Å². The number of carbonyl (C=O) groups excluding carboxylic acids is 2. The van der Waals surface area contributed by atoms with Crippen LogP contribution in [0.3, 0.4) is 0 Å². The summed E-state index contributed by atoms with van der Waals surface area (Å²) in [6.07, 6.45) is 0.725. The summed E-state index contributed by atoms with van der Waals surface area (Å²) in [5.74, 6) is -2.07. The van der Waals surface area contributed by atoms with Crippen LogP contribution < -0.4 is 0 Å². The zero-order valence-electron chi connectivity index (χ0n) is 5.43. The Morgan fingerprint density at radius 1 is 1.60 bits per heavy atom. The van der Waals surface area contributed by atoms with E-state index in [9.17, 15) is 14.0 Å². The monoisotopic (exact) mass is 143 g/mol. The molecular weight excluding hydrogens is 137 g/mol. The molecule has 0 spiro atoms. The summed E-state index contributed by atoms with van der Waals surface area (Å²) >= 11 is 0. The summed E-state index contributed by atoms with van der Waals surface area (Å²) in [5, 5.41) is 0. The van der Waals surface area contributed by atoms with Crippen molar-refractivity contribution < 1.29 is 14.0 Å². The van der Waals surface area contributed by atoms with E-state index in [1.54, 1.807) is 0 Å². The second-order valence-electron chi connectivity index (χ2n) is 2.12. The quantitative estimate of drug-likeness (QED) is 0.474. The molecule has 0 unspecified atom stereocenters. The fourth-order valence-corrected chi connectivity index (χ4v) is 0.737. The van der Waals surface area contributed by atoms with Crippen molar-refractivity contribution in [2.75, 3.05) is 13.6 Å². The van der Waals surface area contributed by atoms with Gasteiger partial charge in [0.15, 0.2) is 11.6 Å². The lowest BCUT2D eigenvalue weighted by Gasteiger charge is -2.17. The predicted octanol–water partition coefficient (Wildman–Crippen LogP) is -0.119. The molecule has 10 heavy (non-hydrogen) atoms. The molecular formula is C6H6FNO2. The molecule has 3 nitrogen and oxygen atoms in total. The topological polar surface area (TPSA) is 37.4 Å². The van der Waals surface area contributed by atoms with Crippen LogP contribution in [0.25, 0.3) is 0 Å². The van der Waals surface area contributed by atoms with Gasteiger partial charge in [0.2, 0.25) is 0 Å². The van der Waals surface area contributed by atoms with E-state index in [0.29, 0.717) is 0 Å². The highest BCUT2D eigenvalue weighted by atomic mass is 19.1. The maximum Gasteiger partial charge on any atom is 0.282 e. The van der Waals surface area contributed by atoms with Gasteiger partial charge in [0.05, 0.1) is 6.54 Å². The zero-order chi connectivity index (χ0) is 7.72. The second-order valence-corrected chi connectivity index (χ2v) is 2.12. The normalized spacial score (nSPS) is 19.4. The lowest BCUT2D eigenvalue weighted by molar-refractivity contribution is -0.132. The van der Waals surface area contributed by atoms with Gasteiger partial charge in [-0.3, -0.25) is 9.59 Å². The van der Waals surface area contributed by atoms with Crippen LogP contribution in [0, 0.1) is 0 Å². The molecule has 1 rings (SSSR count). The van der Waals surface area contributed by atoms with Crippen molar-refractivity contribution in [2.45, 2.75) is 0 Å². The summed E-state index contributed by atoms with van der Waals surface area (Å²) < 4.78 is 12.3. The van der Waals surface area contributed by atoms with E-state index >= 15 is 0 Å². The number of halogens is 1. The summed E-state index contributed by atoms with van der Waals surface area (Å²) in [6.45, 7) is -0.0216. The van der Waals surface area contributed by atoms with Gasteiger partial charge in [-0.05, 0) is 0 Å². The maximum atomic E-state index is 12.3. The first kappa shape index (κ1) is 6.92.